The number of anilines is 1. The number of carbonyl (C=O) groups is 2. The van der Waals surface area contributed by atoms with E-state index < -0.39 is 15.8 Å². The molecule has 6 nitrogen and oxygen atoms in total. The molecule has 1 aliphatic rings. The molecule has 0 unspecified atom stereocenters. The standard InChI is InChI=1S/C21H25NO5S2/c1-3-14-5-7-16(8-6-14)17-12-28-20(19(17)21(24)27-4-2)22-18(23)11-15-9-10-29(25,26)13-15/h5-8,12,15H,3-4,9-11,13H2,1-2H3,(H,22,23)/t15-/m1/s1. The molecule has 0 spiro atoms. The number of carbonyl (C=O) groups excluding carboxylic acids is 2. The molecule has 2 heterocycles. The first-order valence-corrected chi connectivity index (χ1v) is 12.4. The molecular weight excluding hydrogens is 410 g/mol. The van der Waals surface area contributed by atoms with E-state index in [1.165, 1.54) is 16.9 Å². The van der Waals surface area contributed by atoms with E-state index in [1.807, 2.05) is 29.6 Å². The van der Waals surface area contributed by atoms with E-state index in [0.717, 1.165) is 17.5 Å². The predicted molar refractivity (Wildman–Crippen MR) is 115 cm³/mol. The molecule has 8 heteroatoms. The maximum atomic E-state index is 12.6. The molecule has 1 amide bonds. The molecule has 1 aromatic heterocycles. The van der Waals surface area contributed by atoms with Crippen molar-refractivity contribution in [2.75, 3.05) is 23.4 Å². The second kappa shape index (κ2) is 9.09. The van der Waals surface area contributed by atoms with Gasteiger partial charge in [0.1, 0.15) is 10.6 Å². The molecule has 2 aromatic rings. The third kappa shape index (κ3) is 5.25. The smallest absolute Gasteiger partial charge is 0.341 e. The Bertz CT molecular complexity index is 993. The van der Waals surface area contributed by atoms with Crippen LogP contribution in [0.3, 0.4) is 0 Å². The SMILES string of the molecule is CCOC(=O)c1c(-c2ccc(CC)cc2)csc1NC(=O)C[C@H]1CCS(=O)(=O)C1. The van der Waals surface area contributed by atoms with Crippen molar-refractivity contribution in [1.29, 1.82) is 0 Å². The van der Waals surface area contributed by atoms with Crippen molar-refractivity contribution in [2.45, 2.75) is 33.1 Å². The zero-order valence-corrected chi connectivity index (χ0v) is 18.2. The molecular formula is C21H25NO5S2. The Morgan fingerprint density at radius 1 is 1.21 bits per heavy atom. The fourth-order valence-corrected chi connectivity index (χ4v) is 6.30. The number of amides is 1. The zero-order chi connectivity index (χ0) is 21.0. The lowest BCUT2D eigenvalue weighted by molar-refractivity contribution is -0.116. The second-order valence-electron chi connectivity index (χ2n) is 7.15. The van der Waals surface area contributed by atoms with Crippen LogP contribution in [-0.2, 0) is 25.8 Å². The number of rotatable bonds is 7. The molecule has 3 rings (SSSR count). The summed E-state index contributed by atoms with van der Waals surface area (Å²) < 4.78 is 28.4. The van der Waals surface area contributed by atoms with Crippen LogP contribution in [0.5, 0.6) is 0 Å². The van der Waals surface area contributed by atoms with Gasteiger partial charge in [0.2, 0.25) is 5.91 Å². The fraction of sp³-hybridized carbons (Fsp3) is 0.429. The number of hydrogen-bond acceptors (Lipinski definition) is 6. The number of nitrogens with one attached hydrogen (secondary N) is 1. The van der Waals surface area contributed by atoms with E-state index in [9.17, 15) is 18.0 Å². The lowest BCUT2D eigenvalue weighted by Crippen LogP contribution is -2.18. The summed E-state index contributed by atoms with van der Waals surface area (Å²) in [6, 6.07) is 7.94. The van der Waals surface area contributed by atoms with Crippen LogP contribution < -0.4 is 5.32 Å². The Balaban J connectivity index is 1.83. The maximum Gasteiger partial charge on any atom is 0.341 e. The Hall–Kier alpha value is -2.19. The predicted octanol–water partition coefficient (Wildman–Crippen LogP) is 3.92. The number of sulfone groups is 1. The molecule has 29 heavy (non-hydrogen) atoms. The topological polar surface area (TPSA) is 89.5 Å². The zero-order valence-electron chi connectivity index (χ0n) is 16.6. The molecule has 1 atom stereocenters. The van der Waals surface area contributed by atoms with Gasteiger partial charge in [-0.2, -0.15) is 0 Å². The molecule has 0 radical (unpaired) electrons. The highest BCUT2D eigenvalue weighted by Crippen LogP contribution is 2.37. The van der Waals surface area contributed by atoms with E-state index in [0.29, 0.717) is 17.0 Å². The van der Waals surface area contributed by atoms with Gasteiger partial charge in [0.15, 0.2) is 9.84 Å². The number of thiophene rings is 1. The number of esters is 1. The number of hydrogen-bond donors (Lipinski definition) is 1. The maximum absolute atomic E-state index is 12.6. The summed E-state index contributed by atoms with van der Waals surface area (Å²) in [6.07, 6.45) is 1.55. The van der Waals surface area contributed by atoms with Gasteiger partial charge in [0.05, 0.1) is 18.1 Å². The van der Waals surface area contributed by atoms with Gasteiger partial charge >= 0.3 is 5.97 Å². The molecule has 1 N–H and O–H groups in total. The first kappa shape index (κ1) is 21.5. The van der Waals surface area contributed by atoms with E-state index in [1.54, 1.807) is 6.92 Å². The Kier molecular flexibility index (Phi) is 6.74. The van der Waals surface area contributed by atoms with Crippen molar-refractivity contribution in [3.8, 4) is 11.1 Å². The van der Waals surface area contributed by atoms with Gasteiger partial charge in [-0.25, -0.2) is 13.2 Å². The van der Waals surface area contributed by atoms with Crippen molar-refractivity contribution >= 4 is 38.1 Å². The van der Waals surface area contributed by atoms with Gasteiger partial charge in [-0.05, 0) is 36.8 Å². The van der Waals surface area contributed by atoms with Crippen molar-refractivity contribution < 1.29 is 22.7 Å². The van der Waals surface area contributed by atoms with Crippen molar-refractivity contribution in [1.82, 2.24) is 0 Å². The number of aryl methyl sites for hydroxylation is 1. The average molecular weight is 436 g/mol. The van der Waals surface area contributed by atoms with E-state index in [2.05, 4.69) is 12.2 Å². The normalized spacial score (nSPS) is 17.8. The van der Waals surface area contributed by atoms with Crippen molar-refractivity contribution in [3.63, 3.8) is 0 Å². The molecule has 1 aromatic carbocycles. The van der Waals surface area contributed by atoms with Gasteiger partial charge in [-0.1, -0.05) is 31.2 Å². The average Bonchev–Trinajstić information content (AvgIpc) is 3.24. The molecule has 0 aliphatic carbocycles. The van der Waals surface area contributed by atoms with Crippen LogP contribution in [-0.4, -0.2) is 38.4 Å². The van der Waals surface area contributed by atoms with Gasteiger partial charge in [0.25, 0.3) is 0 Å². The minimum atomic E-state index is -3.03. The summed E-state index contributed by atoms with van der Waals surface area (Å²) >= 11 is 1.27. The summed E-state index contributed by atoms with van der Waals surface area (Å²) in [6.45, 7) is 4.04. The van der Waals surface area contributed by atoms with Crippen molar-refractivity contribution in [2.24, 2.45) is 5.92 Å². The van der Waals surface area contributed by atoms with Gasteiger partial charge in [0, 0.05) is 17.4 Å². The monoisotopic (exact) mass is 435 g/mol. The van der Waals surface area contributed by atoms with E-state index in [-0.39, 0.29) is 36.4 Å². The second-order valence-corrected chi connectivity index (χ2v) is 10.3. The first-order valence-electron chi connectivity index (χ1n) is 9.71. The highest BCUT2D eigenvalue weighted by atomic mass is 32.2. The molecule has 1 fully saturated rings. The molecule has 1 aliphatic heterocycles. The minimum absolute atomic E-state index is 0.0463. The number of ether oxygens (including phenoxy) is 1. The lowest BCUT2D eigenvalue weighted by atomic mass is 10.0. The fourth-order valence-electron chi connectivity index (χ4n) is 3.46. The van der Waals surface area contributed by atoms with E-state index >= 15 is 0 Å². The first-order chi connectivity index (χ1) is 13.8. The van der Waals surface area contributed by atoms with Crippen molar-refractivity contribution in [3.05, 3.63) is 40.8 Å². The molecule has 0 bridgehead atoms. The highest BCUT2D eigenvalue weighted by molar-refractivity contribution is 7.91. The quantitative estimate of drug-likeness (QED) is 0.666. The molecule has 156 valence electrons. The Morgan fingerprint density at radius 3 is 2.52 bits per heavy atom. The highest BCUT2D eigenvalue weighted by Gasteiger charge is 2.30. The Morgan fingerprint density at radius 2 is 1.93 bits per heavy atom. The number of benzene rings is 1. The van der Waals surface area contributed by atoms with E-state index in [4.69, 9.17) is 4.74 Å². The van der Waals surface area contributed by atoms with Crippen LogP contribution in [0.1, 0.15) is 42.6 Å². The summed E-state index contributed by atoms with van der Waals surface area (Å²) in [5, 5.41) is 5.07. The summed E-state index contributed by atoms with van der Waals surface area (Å²) in [5.41, 5.74) is 3.13. The van der Waals surface area contributed by atoms with Crippen LogP contribution in [0.25, 0.3) is 11.1 Å². The molecule has 1 saturated heterocycles. The van der Waals surface area contributed by atoms with Crippen LogP contribution in [0, 0.1) is 5.92 Å². The Labute approximate surface area is 175 Å². The van der Waals surface area contributed by atoms with Gasteiger partial charge in [-0.3, -0.25) is 4.79 Å². The van der Waals surface area contributed by atoms with Crippen LogP contribution in [0.2, 0.25) is 0 Å². The van der Waals surface area contributed by atoms with Crippen LogP contribution >= 0.6 is 11.3 Å². The minimum Gasteiger partial charge on any atom is -0.462 e. The largest absolute Gasteiger partial charge is 0.462 e. The molecule has 0 saturated carbocycles. The third-order valence-electron chi connectivity index (χ3n) is 5.00. The van der Waals surface area contributed by atoms with Crippen LogP contribution in [0.4, 0.5) is 5.00 Å². The summed E-state index contributed by atoms with van der Waals surface area (Å²) in [7, 11) is -3.03. The van der Waals surface area contributed by atoms with Gasteiger partial charge in [-0.15, -0.1) is 11.3 Å². The summed E-state index contributed by atoms with van der Waals surface area (Å²) in [5.74, 6) is -0.762. The third-order valence-corrected chi connectivity index (χ3v) is 7.73. The summed E-state index contributed by atoms with van der Waals surface area (Å²) in [4.78, 5) is 25.1. The lowest BCUT2D eigenvalue weighted by Gasteiger charge is -2.11. The van der Waals surface area contributed by atoms with Gasteiger partial charge < -0.3 is 10.1 Å². The van der Waals surface area contributed by atoms with Crippen LogP contribution in [0.15, 0.2) is 29.6 Å².